The molecule has 17 heavy (non-hydrogen) atoms. The van der Waals surface area contributed by atoms with Crippen molar-refractivity contribution in [3.8, 4) is 0 Å². The number of thioether (sulfide) groups is 1. The van der Waals surface area contributed by atoms with E-state index in [0.717, 1.165) is 17.9 Å². The zero-order chi connectivity index (χ0) is 12.5. The van der Waals surface area contributed by atoms with Crippen LogP contribution in [0, 0.1) is 0 Å². The number of benzene rings is 1. The number of hydrogen-bond acceptors (Lipinski definition) is 3. The Kier molecular flexibility index (Phi) is 6.74. The third-order valence-corrected chi connectivity index (χ3v) is 3.30. The van der Waals surface area contributed by atoms with Gasteiger partial charge in [0.25, 0.3) is 5.91 Å². The van der Waals surface area contributed by atoms with Crippen LogP contribution >= 0.6 is 11.8 Å². The largest absolute Gasteiger partial charge is 0.352 e. The summed E-state index contributed by atoms with van der Waals surface area (Å²) in [5.74, 6) is 2.10. The Balaban J connectivity index is 2.46. The van der Waals surface area contributed by atoms with Gasteiger partial charge in [-0.25, -0.2) is 0 Å². The molecule has 0 radical (unpaired) electrons. The minimum absolute atomic E-state index is 0.0202. The van der Waals surface area contributed by atoms with Crippen molar-refractivity contribution < 1.29 is 4.79 Å². The molecule has 1 aromatic rings. The molecule has 1 amide bonds. The standard InChI is InChI=1S/C13H20N2OS/c1-2-17-10-11-4-6-12(7-5-11)13(16)15-9-3-8-14/h4-7H,2-3,8-10,14H2,1H3,(H,15,16). The summed E-state index contributed by atoms with van der Waals surface area (Å²) in [6, 6.07) is 7.79. The number of nitrogens with one attached hydrogen (secondary N) is 1. The molecular formula is C13H20N2OS. The van der Waals surface area contributed by atoms with E-state index in [4.69, 9.17) is 5.73 Å². The monoisotopic (exact) mass is 252 g/mol. The van der Waals surface area contributed by atoms with Gasteiger partial charge in [-0.1, -0.05) is 19.1 Å². The van der Waals surface area contributed by atoms with Gasteiger partial charge in [0, 0.05) is 17.9 Å². The average Bonchev–Trinajstić information content (AvgIpc) is 2.37. The SMILES string of the molecule is CCSCc1ccc(C(=O)NCCCN)cc1. The van der Waals surface area contributed by atoms with Crippen molar-refractivity contribution in [1.82, 2.24) is 5.32 Å². The van der Waals surface area contributed by atoms with Gasteiger partial charge >= 0.3 is 0 Å². The second kappa shape index (κ2) is 8.14. The Labute approximate surface area is 107 Å². The summed E-state index contributed by atoms with van der Waals surface area (Å²) in [6.45, 7) is 3.39. The zero-order valence-corrected chi connectivity index (χ0v) is 11.1. The lowest BCUT2D eigenvalue weighted by Crippen LogP contribution is -2.25. The first-order chi connectivity index (χ1) is 8.27. The third-order valence-electron chi connectivity index (χ3n) is 2.36. The molecule has 0 spiro atoms. The van der Waals surface area contributed by atoms with Gasteiger partial charge in [-0.3, -0.25) is 4.79 Å². The van der Waals surface area contributed by atoms with Crippen LogP contribution in [0.15, 0.2) is 24.3 Å². The number of nitrogens with two attached hydrogens (primary N) is 1. The second-order valence-electron chi connectivity index (χ2n) is 3.73. The van der Waals surface area contributed by atoms with Crippen molar-refractivity contribution in [2.75, 3.05) is 18.8 Å². The molecule has 0 atom stereocenters. The molecule has 0 unspecified atom stereocenters. The Morgan fingerprint density at radius 3 is 2.65 bits per heavy atom. The lowest BCUT2D eigenvalue weighted by molar-refractivity contribution is 0.0953. The molecule has 1 rings (SSSR count). The van der Waals surface area contributed by atoms with Crippen molar-refractivity contribution in [1.29, 1.82) is 0 Å². The van der Waals surface area contributed by atoms with Crippen molar-refractivity contribution in [2.24, 2.45) is 5.73 Å². The predicted octanol–water partition coefficient (Wildman–Crippen LogP) is 2.02. The number of hydrogen-bond donors (Lipinski definition) is 2. The van der Waals surface area contributed by atoms with Crippen LogP contribution in [0.4, 0.5) is 0 Å². The Morgan fingerprint density at radius 1 is 1.35 bits per heavy atom. The average molecular weight is 252 g/mol. The highest BCUT2D eigenvalue weighted by atomic mass is 32.2. The van der Waals surface area contributed by atoms with E-state index < -0.39 is 0 Å². The molecule has 0 saturated heterocycles. The molecule has 1 aromatic carbocycles. The van der Waals surface area contributed by atoms with E-state index in [0.29, 0.717) is 18.7 Å². The van der Waals surface area contributed by atoms with Crippen LogP contribution < -0.4 is 11.1 Å². The Hall–Kier alpha value is -1.00. The van der Waals surface area contributed by atoms with E-state index in [1.165, 1.54) is 5.56 Å². The molecule has 0 saturated carbocycles. The number of amides is 1. The minimum atomic E-state index is -0.0202. The van der Waals surface area contributed by atoms with Crippen molar-refractivity contribution in [2.45, 2.75) is 19.1 Å². The molecule has 0 aliphatic rings. The third kappa shape index (κ3) is 5.24. The van der Waals surface area contributed by atoms with Crippen LogP contribution in [0.5, 0.6) is 0 Å². The fourth-order valence-electron chi connectivity index (χ4n) is 1.38. The van der Waals surface area contributed by atoms with E-state index in [-0.39, 0.29) is 5.91 Å². The van der Waals surface area contributed by atoms with Gasteiger partial charge in [0.05, 0.1) is 0 Å². The van der Waals surface area contributed by atoms with Gasteiger partial charge in [-0.05, 0) is 36.4 Å². The first-order valence-electron chi connectivity index (χ1n) is 5.93. The highest BCUT2D eigenvalue weighted by Crippen LogP contribution is 2.12. The molecule has 0 heterocycles. The van der Waals surface area contributed by atoms with Gasteiger partial charge in [0.15, 0.2) is 0 Å². The van der Waals surface area contributed by atoms with E-state index in [2.05, 4.69) is 12.2 Å². The summed E-state index contributed by atoms with van der Waals surface area (Å²) < 4.78 is 0. The maximum absolute atomic E-state index is 11.7. The number of carbonyl (C=O) groups excluding carboxylic acids is 1. The molecule has 0 aliphatic carbocycles. The van der Waals surface area contributed by atoms with Crippen molar-refractivity contribution in [3.05, 3.63) is 35.4 Å². The van der Waals surface area contributed by atoms with Crippen LogP contribution in [0.2, 0.25) is 0 Å². The maximum atomic E-state index is 11.7. The summed E-state index contributed by atoms with van der Waals surface area (Å²) in [5.41, 5.74) is 7.34. The lowest BCUT2D eigenvalue weighted by Gasteiger charge is -2.05. The summed E-state index contributed by atoms with van der Waals surface area (Å²) >= 11 is 1.88. The molecule has 94 valence electrons. The molecule has 3 N–H and O–H groups in total. The molecule has 0 fully saturated rings. The summed E-state index contributed by atoms with van der Waals surface area (Å²) in [5, 5.41) is 2.84. The van der Waals surface area contributed by atoms with Crippen molar-refractivity contribution >= 4 is 17.7 Å². The van der Waals surface area contributed by atoms with Gasteiger partial charge < -0.3 is 11.1 Å². The smallest absolute Gasteiger partial charge is 0.251 e. The van der Waals surface area contributed by atoms with Crippen LogP contribution in [0.3, 0.4) is 0 Å². The van der Waals surface area contributed by atoms with Crippen LogP contribution in [-0.4, -0.2) is 24.7 Å². The quantitative estimate of drug-likeness (QED) is 0.730. The summed E-state index contributed by atoms with van der Waals surface area (Å²) in [6.07, 6.45) is 0.816. The minimum Gasteiger partial charge on any atom is -0.352 e. The normalized spacial score (nSPS) is 10.2. The van der Waals surface area contributed by atoms with Gasteiger partial charge in [0.1, 0.15) is 0 Å². The van der Waals surface area contributed by atoms with Crippen LogP contribution in [0.25, 0.3) is 0 Å². The Morgan fingerprint density at radius 2 is 2.06 bits per heavy atom. The first-order valence-corrected chi connectivity index (χ1v) is 7.08. The first kappa shape index (κ1) is 14.1. The number of rotatable bonds is 7. The summed E-state index contributed by atoms with van der Waals surface area (Å²) in [7, 11) is 0. The van der Waals surface area contributed by atoms with E-state index >= 15 is 0 Å². The lowest BCUT2D eigenvalue weighted by atomic mass is 10.1. The fraction of sp³-hybridized carbons (Fsp3) is 0.462. The molecular weight excluding hydrogens is 232 g/mol. The highest BCUT2D eigenvalue weighted by Gasteiger charge is 2.03. The molecule has 0 aromatic heterocycles. The van der Waals surface area contributed by atoms with Gasteiger partial charge in [-0.2, -0.15) is 11.8 Å². The second-order valence-corrected chi connectivity index (χ2v) is 5.01. The topological polar surface area (TPSA) is 55.1 Å². The van der Waals surface area contributed by atoms with Crippen molar-refractivity contribution in [3.63, 3.8) is 0 Å². The molecule has 3 nitrogen and oxygen atoms in total. The summed E-state index contributed by atoms with van der Waals surface area (Å²) in [4.78, 5) is 11.7. The fourth-order valence-corrected chi connectivity index (χ4v) is 2.01. The van der Waals surface area contributed by atoms with Crippen LogP contribution in [0.1, 0.15) is 29.3 Å². The predicted molar refractivity (Wildman–Crippen MR) is 74.3 cm³/mol. The van der Waals surface area contributed by atoms with E-state index in [1.54, 1.807) is 0 Å². The van der Waals surface area contributed by atoms with Gasteiger partial charge in [-0.15, -0.1) is 0 Å². The maximum Gasteiger partial charge on any atom is 0.251 e. The molecule has 0 bridgehead atoms. The highest BCUT2D eigenvalue weighted by molar-refractivity contribution is 7.98. The van der Waals surface area contributed by atoms with E-state index in [1.807, 2.05) is 36.0 Å². The van der Waals surface area contributed by atoms with Crippen LogP contribution in [-0.2, 0) is 5.75 Å². The zero-order valence-electron chi connectivity index (χ0n) is 10.2. The van der Waals surface area contributed by atoms with E-state index in [9.17, 15) is 4.79 Å². The Bertz CT molecular complexity index is 338. The molecule has 0 aliphatic heterocycles. The van der Waals surface area contributed by atoms with Gasteiger partial charge in [0.2, 0.25) is 0 Å². The number of carbonyl (C=O) groups is 1. The molecule has 4 heteroatoms.